The van der Waals surface area contributed by atoms with Gasteiger partial charge < -0.3 is 14.9 Å². The number of aliphatic hydroxyl groups excluding tert-OH is 1. The fourth-order valence-corrected chi connectivity index (χ4v) is 4.89. The average Bonchev–Trinajstić information content (AvgIpc) is 2.61. The van der Waals surface area contributed by atoms with E-state index in [1.807, 2.05) is 0 Å². The zero-order chi connectivity index (χ0) is 16.4. The van der Waals surface area contributed by atoms with Gasteiger partial charge in [-0.05, 0) is 48.4 Å². The van der Waals surface area contributed by atoms with Crippen molar-refractivity contribution >= 4 is 6.08 Å². The summed E-state index contributed by atoms with van der Waals surface area (Å²) < 4.78 is 0. The first kappa shape index (κ1) is 16.2. The monoisotopic (exact) mass is 326 g/mol. The molecule has 2 heterocycles. The molecule has 2 fully saturated rings. The fraction of sp³-hybridized carbons (Fsp3) is 0.619. The fourth-order valence-electron chi connectivity index (χ4n) is 4.89. The van der Waals surface area contributed by atoms with Crippen LogP contribution in [-0.4, -0.2) is 47.2 Å². The van der Waals surface area contributed by atoms with Gasteiger partial charge in [-0.15, -0.1) is 0 Å². The number of benzene rings is 1. The molecule has 3 aliphatic rings. The SMILES string of the molecule is OC(CN1C=Cc2ccccc2C1)CN1CCC2CCCCC2C1. The lowest BCUT2D eigenvalue weighted by Crippen LogP contribution is -2.46. The van der Waals surface area contributed by atoms with Crippen molar-refractivity contribution in [2.45, 2.75) is 44.8 Å². The number of fused-ring (bicyclic) bond motifs is 2. The van der Waals surface area contributed by atoms with Crippen LogP contribution in [0.15, 0.2) is 30.5 Å². The first-order valence-electron chi connectivity index (χ1n) is 9.68. The van der Waals surface area contributed by atoms with E-state index in [1.165, 1.54) is 56.3 Å². The Labute approximate surface area is 146 Å². The topological polar surface area (TPSA) is 26.7 Å². The summed E-state index contributed by atoms with van der Waals surface area (Å²) in [6.45, 7) is 4.86. The third kappa shape index (κ3) is 3.68. The number of β-amino-alcohol motifs (C(OH)–C–C–N with tert-alkyl or cyclic N) is 1. The Balaban J connectivity index is 1.27. The second-order valence-electron chi connectivity index (χ2n) is 7.95. The van der Waals surface area contributed by atoms with Crippen LogP contribution >= 0.6 is 0 Å². The van der Waals surface area contributed by atoms with Gasteiger partial charge in [0.2, 0.25) is 0 Å². The summed E-state index contributed by atoms with van der Waals surface area (Å²) in [6, 6.07) is 8.53. The molecule has 1 saturated carbocycles. The van der Waals surface area contributed by atoms with Crippen LogP contribution in [0.5, 0.6) is 0 Å². The first-order valence-corrected chi connectivity index (χ1v) is 9.68. The van der Waals surface area contributed by atoms with Gasteiger partial charge in [0, 0.05) is 32.4 Å². The van der Waals surface area contributed by atoms with E-state index in [0.29, 0.717) is 0 Å². The van der Waals surface area contributed by atoms with Crippen molar-refractivity contribution < 1.29 is 5.11 Å². The van der Waals surface area contributed by atoms with Crippen molar-refractivity contribution in [3.8, 4) is 0 Å². The van der Waals surface area contributed by atoms with Crippen molar-refractivity contribution in [1.82, 2.24) is 9.80 Å². The molecule has 1 saturated heterocycles. The summed E-state index contributed by atoms with van der Waals surface area (Å²) >= 11 is 0. The molecule has 3 unspecified atom stereocenters. The molecular formula is C21H30N2O. The lowest BCUT2D eigenvalue weighted by Gasteiger charge is -2.42. The normalized spacial score (nSPS) is 28.3. The van der Waals surface area contributed by atoms with Gasteiger partial charge in [-0.25, -0.2) is 0 Å². The molecule has 0 bridgehead atoms. The average molecular weight is 326 g/mol. The molecule has 3 atom stereocenters. The third-order valence-electron chi connectivity index (χ3n) is 6.18. The van der Waals surface area contributed by atoms with Crippen LogP contribution in [0.4, 0.5) is 0 Å². The first-order chi connectivity index (χ1) is 11.8. The number of nitrogens with zero attached hydrogens (tertiary/aromatic N) is 2. The molecule has 1 aromatic rings. The van der Waals surface area contributed by atoms with Gasteiger partial charge in [0.1, 0.15) is 0 Å². The van der Waals surface area contributed by atoms with Gasteiger partial charge in [-0.2, -0.15) is 0 Å². The quantitative estimate of drug-likeness (QED) is 0.919. The van der Waals surface area contributed by atoms with Crippen molar-refractivity contribution in [3.63, 3.8) is 0 Å². The molecule has 130 valence electrons. The highest BCUT2D eigenvalue weighted by molar-refractivity contribution is 5.55. The minimum absolute atomic E-state index is 0.264. The van der Waals surface area contributed by atoms with Crippen molar-refractivity contribution in [1.29, 1.82) is 0 Å². The minimum Gasteiger partial charge on any atom is -0.390 e. The van der Waals surface area contributed by atoms with Crippen LogP contribution in [0.25, 0.3) is 6.08 Å². The Bertz CT molecular complexity index is 585. The lowest BCUT2D eigenvalue weighted by molar-refractivity contribution is 0.0365. The molecule has 2 aliphatic heterocycles. The van der Waals surface area contributed by atoms with Crippen molar-refractivity contribution in [3.05, 3.63) is 41.6 Å². The van der Waals surface area contributed by atoms with Crippen LogP contribution < -0.4 is 0 Å². The lowest BCUT2D eigenvalue weighted by atomic mass is 9.75. The Kier molecular flexibility index (Phi) is 4.91. The highest BCUT2D eigenvalue weighted by Gasteiger charge is 2.31. The summed E-state index contributed by atoms with van der Waals surface area (Å²) in [4.78, 5) is 4.76. The number of hydrogen-bond acceptors (Lipinski definition) is 3. The minimum atomic E-state index is -0.264. The molecule has 3 heteroatoms. The van der Waals surface area contributed by atoms with Crippen LogP contribution in [-0.2, 0) is 6.54 Å². The predicted molar refractivity (Wildman–Crippen MR) is 98.4 cm³/mol. The number of hydrogen-bond donors (Lipinski definition) is 1. The standard InChI is InChI=1S/C21H30N2O/c24-21(15-22-11-9-17-5-1-3-7-19(17)13-22)16-23-12-10-18-6-2-4-8-20(18)14-23/h1,3,5,7,9,11,18,20-21,24H,2,4,6,8,10,12-16H2. The highest BCUT2D eigenvalue weighted by atomic mass is 16.3. The second-order valence-corrected chi connectivity index (χ2v) is 7.95. The van der Waals surface area contributed by atoms with Crippen LogP contribution in [0, 0.1) is 11.8 Å². The van der Waals surface area contributed by atoms with Gasteiger partial charge in [-0.1, -0.05) is 43.5 Å². The van der Waals surface area contributed by atoms with E-state index < -0.39 is 0 Å². The molecular weight excluding hydrogens is 296 g/mol. The van der Waals surface area contributed by atoms with E-state index >= 15 is 0 Å². The molecule has 0 spiro atoms. The van der Waals surface area contributed by atoms with Gasteiger partial charge in [-0.3, -0.25) is 0 Å². The number of likely N-dealkylation sites (tertiary alicyclic amines) is 1. The molecule has 0 aromatic heterocycles. The Morgan fingerprint density at radius 3 is 2.79 bits per heavy atom. The van der Waals surface area contributed by atoms with E-state index in [-0.39, 0.29) is 6.10 Å². The zero-order valence-corrected chi connectivity index (χ0v) is 14.6. The predicted octanol–water partition coefficient (Wildman–Crippen LogP) is 3.35. The number of piperidine rings is 1. The summed E-state index contributed by atoms with van der Waals surface area (Å²) in [6.07, 6.45) is 11.1. The molecule has 1 aliphatic carbocycles. The maximum Gasteiger partial charge on any atom is 0.0841 e. The smallest absolute Gasteiger partial charge is 0.0841 e. The number of aliphatic hydroxyl groups is 1. The molecule has 1 N–H and O–H groups in total. The zero-order valence-electron chi connectivity index (χ0n) is 14.6. The second kappa shape index (κ2) is 7.28. The Hall–Kier alpha value is -1.32. The van der Waals surface area contributed by atoms with Gasteiger partial charge >= 0.3 is 0 Å². The van der Waals surface area contributed by atoms with E-state index in [1.54, 1.807) is 0 Å². The largest absolute Gasteiger partial charge is 0.390 e. The summed E-state index contributed by atoms with van der Waals surface area (Å²) in [5, 5.41) is 10.6. The van der Waals surface area contributed by atoms with Crippen LogP contribution in [0.2, 0.25) is 0 Å². The number of rotatable bonds is 4. The maximum atomic E-state index is 10.6. The summed E-state index contributed by atoms with van der Waals surface area (Å²) in [7, 11) is 0. The van der Waals surface area contributed by atoms with Gasteiger partial charge in [0.05, 0.1) is 6.10 Å². The van der Waals surface area contributed by atoms with E-state index in [0.717, 1.165) is 31.5 Å². The molecule has 24 heavy (non-hydrogen) atoms. The molecule has 0 amide bonds. The van der Waals surface area contributed by atoms with Gasteiger partial charge in [0.25, 0.3) is 0 Å². The summed E-state index contributed by atoms with van der Waals surface area (Å²) in [5.41, 5.74) is 2.66. The van der Waals surface area contributed by atoms with Crippen molar-refractivity contribution in [2.75, 3.05) is 26.2 Å². The van der Waals surface area contributed by atoms with Crippen LogP contribution in [0.1, 0.15) is 43.2 Å². The third-order valence-corrected chi connectivity index (χ3v) is 6.18. The molecule has 1 aromatic carbocycles. The van der Waals surface area contributed by atoms with E-state index in [9.17, 15) is 5.11 Å². The van der Waals surface area contributed by atoms with Crippen LogP contribution in [0.3, 0.4) is 0 Å². The van der Waals surface area contributed by atoms with E-state index in [4.69, 9.17) is 0 Å². The maximum absolute atomic E-state index is 10.6. The Morgan fingerprint density at radius 1 is 1.04 bits per heavy atom. The van der Waals surface area contributed by atoms with Gasteiger partial charge in [0.15, 0.2) is 0 Å². The van der Waals surface area contributed by atoms with Crippen molar-refractivity contribution in [2.24, 2.45) is 11.8 Å². The summed E-state index contributed by atoms with van der Waals surface area (Å²) in [5.74, 6) is 1.86. The highest BCUT2D eigenvalue weighted by Crippen LogP contribution is 2.36. The molecule has 4 rings (SSSR count). The molecule has 0 radical (unpaired) electrons. The Morgan fingerprint density at radius 2 is 1.88 bits per heavy atom. The van der Waals surface area contributed by atoms with E-state index in [2.05, 4.69) is 46.3 Å². The molecule has 3 nitrogen and oxygen atoms in total.